The second kappa shape index (κ2) is 8.83. The van der Waals surface area contributed by atoms with Gasteiger partial charge in [-0.1, -0.05) is 6.92 Å². The fraction of sp³-hybridized carbons (Fsp3) is 0.692. The van der Waals surface area contributed by atoms with Gasteiger partial charge in [-0.3, -0.25) is 0 Å². The molecule has 1 heterocycles. The maximum absolute atomic E-state index is 5.13. The summed E-state index contributed by atoms with van der Waals surface area (Å²) in [5.41, 5.74) is 0.915. The molecule has 102 valence electrons. The van der Waals surface area contributed by atoms with E-state index < -0.39 is 0 Å². The van der Waals surface area contributed by atoms with Crippen LogP contribution in [0.15, 0.2) is 6.07 Å². The lowest BCUT2D eigenvalue weighted by Gasteiger charge is -2.09. The van der Waals surface area contributed by atoms with Gasteiger partial charge in [0.1, 0.15) is 11.6 Å². The Balaban J connectivity index is 2.70. The Morgan fingerprint density at radius 2 is 2.06 bits per heavy atom. The average molecular weight is 253 g/mol. The quantitative estimate of drug-likeness (QED) is 0.682. The maximum Gasteiger partial charge on any atom is 0.131 e. The van der Waals surface area contributed by atoms with Gasteiger partial charge in [0.05, 0.1) is 12.3 Å². The Kier molecular flexibility index (Phi) is 7.29. The molecule has 0 fully saturated rings. The minimum absolute atomic E-state index is 0.514. The summed E-state index contributed by atoms with van der Waals surface area (Å²) in [6, 6.07) is 1.94. The molecule has 1 N–H and O–H groups in total. The van der Waals surface area contributed by atoms with Crippen molar-refractivity contribution in [2.24, 2.45) is 0 Å². The van der Waals surface area contributed by atoms with Crippen LogP contribution in [0.2, 0.25) is 0 Å². The van der Waals surface area contributed by atoms with E-state index in [1.54, 1.807) is 14.2 Å². The second-order valence-corrected chi connectivity index (χ2v) is 4.12. The molecule has 0 aliphatic heterocycles. The molecular weight excluding hydrogens is 230 g/mol. The van der Waals surface area contributed by atoms with Gasteiger partial charge in [0.25, 0.3) is 0 Å². The van der Waals surface area contributed by atoms with Crippen LogP contribution in [0.3, 0.4) is 0 Å². The fourth-order valence-electron chi connectivity index (χ4n) is 1.60. The Hall–Kier alpha value is -1.20. The average Bonchev–Trinajstić information content (AvgIpc) is 2.37. The molecule has 18 heavy (non-hydrogen) atoms. The van der Waals surface area contributed by atoms with Crippen LogP contribution in [-0.4, -0.2) is 37.3 Å². The summed E-state index contributed by atoms with van der Waals surface area (Å²) in [7, 11) is 3.38. The lowest BCUT2D eigenvalue weighted by molar-refractivity contribution is 0.181. The normalized spacial score (nSPS) is 10.6. The Morgan fingerprint density at radius 1 is 1.22 bits per heavy atom. The zero-order chi connectivity index (χ0) is 13.2. The first-order valence-electron chi connectivity index (χ1n) is 6.38. The largest absolute Gasteiger partial charge is 0.385 e. The third-order valence-electron chi connectivity index (χ3n) is 2.42. The van der Waals surface area contributed by atoms with Gasteiger partial charge in [-0.15, -0.1) is 0 Å². The van der Waals surface area contributed by atoms with E-state index in [0.717, 1.165) is 49.8 Å². The molecular formula is C13H23N3O2. The Labute approximate surface area is 109 Å². The first kappa shape index (κ1) is 14.9. The first-order chi connectivity index (χ1) is 8.80. The van der Waals surface area contributed by atoms with Gasteiger partial charge in [0.2, 0.25) is 0 Å². The van der Waals surface area contributed by atoms with Crippen LogP contribution in [-0.2, 0) is 22.5 Å². The fourth-order valence-corrected chi connectivity index (χ4v) is 1.60. The molecule has 0 aliphatic rings. The zero-order valence-corrected chi connectivity index (χ0v) is 11.5. The highest BCUT2D eigenvalue weighted by Gasteiger charge is 2.04. The Morgan fingerprint density at radius 3 is 2.72 bits per heavy atom. The van der Waals surface area contributed by atoms with E-state index in [-0.39, 0.29) is 0 Å². The van der Waals surface area contributed by atoms with Crippen molar-refractivity contribution in [2.45, 2.75) is 32.8 Å². The molecule has 0 radical (unpaired) electrons. The van der Waals surface area contributed by atoms with Crippen LogP contribution in [0.25, 0.3) is 0 Å². The predicted molar refractivity (Wildman–Crippen MR) is 71.7 cm³/mol. The number of aryl methyl sites for hydroxylation is 1. The molecule has 0 amide bonds. The van der Waals surface area contributed by atoms with Crippen LogP contribution in [0.5, 0.6) is 0 Å². The van der Waals surface area contributed by atoms with Crippen molar-refractivity contribution in [1.82, 2.24) is 9.97 Å². The van der Waals surface area contributed by atoms with Gasteiger partial charge in [0.15, 0.2) is 0 Å². The van der Waals surface area contributed by atoms with Gasteiger partial charge in [-0.05, 0) is 12.8 Å². The highest BCUT2D eigenvalue weighted by Crippen LogP contribution is 2.09. The zero-order valence-electron chi connectivity index (χ0n) is 11.5. The van der Waals surface area contributed by atoms with E-state index in [1.807, 2.05) is 6.07 Å². The van der Waals surface area contributed by atoms with Crippen LogP contribution in [0.1, 0.15) is 31.3 Å². The first-order valence-corrected chi connectivity index (χ1v) is 6.38. The smallest absolute Gasteiger partial charge is 0.131 e. The summed E-state index contributed by atoms with van der Waals surface area (Å²) in [5.74, 6) is 1.73. The van der Waals surface area contributed by atoms with Crippen LogP contribution in [0.4, 0.5) is 5.82 Å². The minimum Gasteiger partial charge on any atom is -0.385 e. The van der Waals surface area contributed by atoms with E-state index in [4.69, 9.17) is 9.47 Å². The number of anilines is 1. The summed E-state index contributed by atoms with van der Waals surface area (Å²) in [5, 5.41) is 3.29. The van der Waals surface area contributed by atoms with E-state index in [0.29, 0.717) is 6.61 Å². The molecule has 0 bridgehead atoms. The molecule has 1 rings (SSSR count). The van der Waals surface area contributed by atoms with Crippen molar-refractivity contribution in [3.63, 3.8) is 0 Å². The Bertz CT molecular complexity index is 345. The standard InChI is InChI=1S/C13H23N3O2/c1-4-7-14-13-9-11(10-18-3)15-12(16-13)6-5-8-17-2/h9H,4-8,10H2,1-3H3,(H,14,15,16). The number of hydrogen-bond acceptors (Lipinski definition) is 5. The highest BCUT2D eigenvalue weighted by molar-refractivity contribution is 5.35. The third-order valence-corrected chi connectivity index (χ3v) is 2.42. The number of rotatable bonds is 9. The number of nitrogens with zero attached hydrogens (tertiary/aromatic N) is 2. The summed E-state index contributed by atoms with van der Waals surface area (Å²) in [6.07, 6.45) is 2.83. The SMILES string of the molecule is CCCNc1cc(COC)nc(CCCOC)n1. The monoisotopic (exact) mass is 253 g/mol. The molecule has 0 spiro atoms. The molecule has 0 aliphatic carbocycles. The molecule has 0 atom stereocenters. The van der Waals surface area contributed by atoms with Gasteiger partial charge in [-0.25, -0.2) is 9.97 Å². The van der Waals surface area contributed by atoms with E-state index in [2.05, 4.69) is 22.2 Å². The molecule has 0 aromatic carbocycles. The minimum atomic E-state index is 0.514. The van der Waals surface area contributed by atoms with E-state index >= 15 is 0 Å². The third kappa shape index (κ3) is 5.42. The van der Waals surface area contributed by atoms with E-state index in [1.165, 1.54) is 0 Å². The number of ether oxygens (including phenoxy) is 2. The van der Waals surface area contributed by atoms with Gasteiger partial charge in [-0.2, -0.15) is 0 Å². The number of aromatic nitrogens is 2. The molecule has 0 saturated carbocycles. The highest BCUT2D eigenvalue weighted by atomic mass is 16.5. The molecule has 0 unspecified atom stereocenters. The lowest BCUT2D eigenvalue weighted by atomic mass is 10.3. The van der Waals surface area contributed by atoms with Gasteiger partial charge < -0.3 is 14.8 Å². The number of nitrogens with one attached hydrogen (secondary N) is 1. The van der Waals surface area contributed by atoms with Crippen LogP contribution >= 0.6 is 0 Å². The maximum atomic E-state index is 5.13. The second-order valence-electron chi connectivity index (χ2n) is 4.12. The summed E-state index contributed by atoms with van der Waals surface area (Å²) in [4.78, 5) is 8.96. The van der Waals surface area contributed by atoms with E-state index in [9.17, 15) is 0 Å². The molecule has 5 nitrogen and oxygen atoms in total. The van der Waals surface area contributed by atoms with Crippen molar-refractivity contribution in [2.75, 3.05) is 32.7 Å². The van der Waals surface area contributed by atoms with Crippen LogP contribution in [0, 0.1) is 0 Å². The van der Waals surface area contributed by atoms with Crippen molar-refractivity contribution in [3.8, 4) is 0 Å². The lowest BCUT2D eigenvalue weighted by Crippen LogP contribution is -2.08. The number of methoxy groups -OCH3 is 2. The van der Waals surface area contributed by atoms with Crippen molar-refractivity contribution < 1.29 is 9.47 Å². The summed E-state index contributed by atoms with van der Waals surface area (Å²) >= 11 is 0. The summed E-state index contributed by atoms with van der Waals surface area (Å²) in [6.45, 7) is 4.29. The van der Waals surface area contributed by atoms with Crippen molar-refractivity contribution in [1.29, 1.82) is 0 Å². The van der Waals surface area contributed by atoms with Crippen molar-refractivity contribution >= 4 is 5.82 Å². The van der Waals surface area contributed by atoms with Crippen LogP contribution < -0.4 is 5.32 Å². The molecule has 1 aromatic heterocycles. The molecule has 5 heteroatoms. The summed E-state index contributed by atoms with van der Waals surface area (Å²) < 4.78 is 10.2. The topological polar surface area (TPSA) is 56.3 Å². The molecule has 1 aromatic rings. The predicted octanol–water partition coefficient (Wildman–Crippen LogP) is 2.02. The number of hydrogen-bond donors (Lipinski definition) is 1. The van der Waals surface area contributed by atoms with Crippen molar-refractivity contribution in [3.05, 3.63) is 17.6 Å². The van der Waals surface area contributed by atoms with Gasteiger partial charge in [0, 0.05) is 39.9 Å². The van der Waals surface area contributed by atoms with Gasteiger partial charge >= 0.3 is 0 Å². The molecule has 0 saturated heterocycles.